The van der Waals surface area contributed by atoms with Crippen LogP contribution in [0.1, 0.15) is 61.1 Å². The molecular weight excluding hydrogens is 518 g/mol. The number of hydrogen-bond donors (Lipinski definition) is 1. The number of pyridine rings is 1. The molecule has 0 atom stereocenters. The van der Waals surface area contributed by atoms with Crippen molar-refractivity contribution in [1.82, 2.24) is 19.9 Å². The van der Waals surface area contributed by atoms with Crippen LogP contribution >= 0.6 is 11.6 Å². The number of nitrogens with zero attached hydrogens (tertiary/aromatic N) is 5. The molecule has 0 spiro atoms. The number of benzene rings is 1. The van der Waals surface area contributed by atoms with E-state index in [1.54, 1.807) is 11.0 Å². The molecule has 1 aliphatic heterocycles. The topological polar surface area (TPSA) is 113 Å². The lowest BCUT2D eigenvalue weighted by Crippen LogP contribution is -2.61. The Morgan fingerprint density at radius 3 is 2.31 bits per heavy atom. The summed E-state index contributed by atoms with van der Waals surface area (Å²) < 4.78 is 6.22. The van der Waals surface area contributed by atoms with Crippen LogP contribution in [0.15, 0.2) is 53.2 Å². The monoisotopic (exact) mass is 547 g/mol. The standard InChI is InChI=1S/C29H30ClN5O4/c1-28(2,3)20-12-21(17-6-8-19(30)9-7-17)33-22-13-23(39-24(20)22)25(36)35-11-10-34(16-29(35,4)5)27-31-14-18(15-32-27)26(37)38/h6-9,12-15H,10-11,16H2,1-5H3,(H,37,38). The van der Waals surface area contributed by atoms with Crippen molar-refractivity contribution in [3.8, 4) is 11.3 Å². The van der Waals surface area contributed by atoms with Gasteiger partial charge in [-0.05, 0) is 37.5 Å². The zero-order valence-electron chi connectivity index (χ0n) is 22.5. The van der Waals surface area contributed by atoms with Crippen LogP contribution in [0.25, 0.3) is 22.4 Å². The second-order valence-electron chi connectivity index (χ2n) is 11.4. The normalized spacial score (nSPS) is 15.5. The lowest BCUT2D eigenvalue weighted by Gasteiger charge is -2.46. The van der Waals surface area contributed by atoms with Crippen LogP contribution in [0.3, 0.4) is 0 Å². The molecule has 1 saturated heterocycles. The molecule has 1 aromatic carbocycles. The fourth-order valence-electron chi connectivity index (χ4n) is 4.88. The fraction of sp³-hybridized carbons (Fsp3) is 0.345. The molecule has 4 aromatic rings. The number of amides is 1. The molecule has 5 rings (SSSR count). The van der Waals surface area contributed by atoms with E-state index in [1.807, 2.05) is 49.1 Å². The van der Waals surface area contributed by atoms with E-state index in [2.05, 4.69) is 30.7 Å². The van der Waals surface area contributed by atoms with E-state index in [0.717, 1.165) is 16.8 Å². The minimum atomic E-state index is -1.08. The molecule has 0 radical (unpaired) electrons. The van der Waals surface area contributed by atoms with E-state index in [1.165, 1.54) is 12.4 Å². The first-order valence-electron chi connectivity index (χ1n) is 12.7. The van der Waals surface area contributed by atoms with Gasteiger partial charge < -0.3 is 19.3 Å². The first kappa shape index (κ1) is 26.6. The van der Waals surface area contributed by atoms with E-state index in [4.69, 9.17) is 26.1 Å². The molecule has 1 N–H and O–H groups in total. The molecule has 0 aliphatic carbocycles. The Morgan fingerprint density at radius 2 is 1.72 bits per heavy atom. The average molecular weight is 548 g/mol. The molecular formula is C29H30ClN5O4. The molecule has 39 heavy (non-hydrogen) atoms. The predicted molar refractivity (Wildman–Crippen MR) is 149 cm³/mol. The van der Waals surface area contributed by atoms with Crippen molar-refractivity contribution in [3.05, 3.63) is 70.7 Å². The van der Waals surface area contributed by atoms with Crippen LogP contribution in [0.2, 0.25) is 5.02 Å². The summed E-state index contributed by atoms with van der Waals surface area (Å²) in [6, 6.07) is 11.3. The Labute approximate surface area is 231 Å². The third-order valence-electron chi connectivity index (χ3n) is 6.95. The van der Waals surface area contributed by atoms with Gasteiger partial charge in [0.15, 0.2) is 11.3 Å². The van der Waals surface area contributed by atoms with Crippen molar-refractivity contribution in [3.63, 3.8) is 0 Å². The van der Waals surface area contributed by atoms with Crippen molar-refractivity contribution in [2.45, 2.75) is 45.6 Å². The Morgan fingerprint density at radius 1 is 1.05 bits per heavy atom. The Hall–Kier alpha value is -3.98. The van der Waals surface area contributed by atoms with Crippen molar-refractivity contribution >= 4 is 40.5 Å². The summed E-state index contributed by atoms with van der Waals surface area (Å²) in [7, 11) is 0. The Kier molecular flexibility index (Phi) is 6.58. The second-order valence-corrected chi connectivity index (χ2v) is 11.8. The minimum Gasteiger partial charge on any atom is -0.478 e. The van der Waals surface area contributed by atoms with Crippen LogP contribution < -0.4 is 4.90 Å². The van der Waals surface area contributed by atoms with Gasteiger partial charge in [-0.3, -0.25) is 4.79 Å². The summed E-state index contributed by atoms with van der Waals surface area (Å²) in [6.07, 6.45) is 2.59. The number of fused-ring (bicyclic) bond motifs is 1. The third kappa shape index (κ3) is 5.18. The number of hydrogen-bond acceptors (Lipinski definition) is 7. The molecule has 1 fully saturated rings. The number of aromatic carboxylic acids is 1. The Bertz CT molecular complexity index is 1560. The number of halogens is 1. The highest BCUT2D eigenvalue weighted by Gasteiger charge is 2.39. The molecule has 9 nitrogen and oxygen atoms in total. The van der Waals surface area contributed by atoms with Gasteiger partial charge in [0.25, 0.3) is 5.91 Å². The van der Waals surface area contributed by atoms with Crippen molar-refractivity contribution < 1.29 is 19.1 Å². The Balaban J connectivity index is 1.45. The van der Waals surface area contributed by atoms with Gasteiger partial charge in [0, 0.05) is 54.2 Å². The highest BCUT2D eigenvalue weighted by atomic mass is 35.5. The number of piperazine rings is 1. The summed E-state index contributed by atoms with van der Waals surface area (Å²) >= 11 is 6.09. The lowest BCUT2D eigenvalue weighted by molar-refractivity contribution is 0.0482. The predicted octanol–water partition coefficient (Wildman–Crippen LogP) is 5.67. The first-order valence-corrected chi connectivity index (χ1v) is 13.0. The smallest absolute Gasteiger partial charge is 0.338 e. The van der Waals surface area contributed by atoms with E-state index < -0.39 is 11.5 Å². The van der Waals surface area contributed by atoms with Gasteiger partial charge in [-0.25, -0.2) is 19.7 Å². The number of carboxylic acid groups (broad SMARTS) is 1. The number of rotatable bonds is 4. The van der Waals surface area contributed by atoms with Gasteiger partial charge in [-0.2, -0.15) is 0 Å². The molecule has 0 bridgehead atoms. The van der Waals surface area contributed by atoms with Gasteiger partial charge in [0.2, 0.25) is 5.95 Å². The maximum absolute atomic E-state index is 13.8. The zero-order chi connectivity index (χ0) is 28.1. The number of furan rings is 1. The number of aromatic nitrogens is 3. The second kappa shape index (κ2) is 9.64. The van der Waals surface area contributed by atoms with E-state index in [0.29, 0.717) is 41.7 Å². The van der Waals surface area contributed by atoms with Gasteiger partial charge in [-0.1, -0.05) is 44.5 Å². The van der Waals surface area contributed by atoms with E-state index in [9.17, 15) is 9.59 Å². The summed E-state index contributed by atoms with van der Waals surface area (Å²) in [4.78, 5) is 41.9. The van der Waals surface area contributed by atoms with Crippen molar-refractivity contribution in [2.24, 2.45) is 0 Å². The third-order valence-corrected chi connectivity index (χ3v) is 7.20. The van der Waals surface area contributed by atoms with Crippen LogP contribution in [-0.4, -0.2) is 62.0 Å². The largest absolute Gasteiger partial charge is 0.478 e. The molecule has 10 heteroatoms. The van der Waals surface area contributed by atoms with Crippen molar-refractivity contribution in [1.29, 1.82) is 0 Å². The summed E-state index contributed by atoms with van der Waals surface area (Å²) in [5, 5.41) is 9.77. The fourth-order valence-corrected chi connectivity index (χ4v) is 5.01. The number of carboxylic acids is 1. The lowest BCUT2D eigenvalue weighted by atomic mass is 9.86. The van der Waals surface area contributed by atoms with Gasteiger partial charge in [0.05, 0.1) is 16.8 Å². The van der Waals surface area contributed by atoms with Gasteiger partial charge >= 0.3 is 5.97 Å². The maximum Gasteiger partial charge on any atom is 0.338 e. The molecule has 3 aromatic heterocycles. The number of carbonyl (C=O) groups is 2. The summed E-state index contributed by atoms with van der Waals surface area (Å²) in [6.45, 7) is 11.6. The molecule has 0 unspecified atom stereocenters. The summed E-state index contributed by atoms with van der Waals surface area (Å²) in [5.41, 5.74) is 3.11. The highest BCUT2D eigenvalue weighted by molar-refractivity contribution is 6.30. The van der Waals surface area contributed by atoms with Gasteiger partial charge in [-0.15, -0.1) is 0 Å². The van der Waals surface area contributed by atoms with Crippen LogP contribution in [0.5, 0.6) is 0 Å². The maximum atomic E-state index is 13.8. The van der Waals surface area contributed by atoms with Crippen molar-refractivity contribution in [2.75, 3.05) is 24.5 Å². The number of anilines is 1. The molecule has 0 saturated carbocycles. The van der Waals surface area contributed by atoms with Crippen LogP contribution in [0.4, 0.5) is 5.95 Å². The van der Waals surface area contributed by atoms with Gasteiger partial charge in [0.1, 0.15) is 5.52 Å². The quantitative estimate of drug-likeness (QED) is 0.347. The highest BCUT2D eigenvalue weighted by Crippen LogP contribution is 2.36. The number of carbonyl (C=O) groups excluding carboxylic acids is 1. The molecule has 4 heterocycles. The zero-order valence-corrected chi connectivity index (χ0v) is 23.3. The van der Waals surface area contributed by atoms with E-state index >= 15 is 0 Å². The molecule has 1 aliphatic rings. The summed E-state index contributed by atoms with van der Waals surface area (Å²) in [5.74, 6) is -0.627. The first-order chi connectivity index (χ1) is 18.3. The SMILES string of the molecule is CC(C)(C)c1cc(-c2ccc(Cl)cc2)nc2cc(C(=O)N3CCN(c4ncc(C(=O)O)cn4)CC3(C)C)oc12. The molecule has 202 valence electrons. The minimum absolute atomic E-state index is 0.0270. The average Bonchev–Trinajstić information content (AvgIpc) is 3.31. The molecule has 1 amide bonds. The van der Waals surface area contributed by atoms with Crippen LogP contribution in [0, 0.1) is 0 Å². The van der Waals surface area contributed by atoms with Crippen LogP contribution in [-0.2, 0) is 5.41 Å². The van der Waals surface area contributed by atoms with E-state index in [-0.39, 0.29) is 22.6 Å².